The van der Waals surface area contributed by atoms with Crippen LogP contribution in [0.5, 0.6) is 11.5 Å². The van der Waals surface area contributed by atoms with E-state index in [0.717, 1.165) is 26.9 Å². The maximum absolute atomic E-state index is 12.6. The second-order valence-electron chi connectivity index (χ2n) is 8.63. The van der Waals surface area contributed by atoms with Gasteiger partial charge in [0.15, 0.2) is 22.5 Å². The number of methoxy groups -OCH3 is 1. The topological polar surface area (TPSA) is 104 Å². The van der Waals surface area contributed by atoms with Crippen LogP contribution in [0.3, 0.4) is 0 Å². The average molecular weight is 630 g/mol. The van der Waals surface area contributed by atoms with Crippen LogP contribution in [0.1, 0.15) is 11.1 Å². The number of halogens is 1. The number of hydrazone groups is 1. The van der Waals surface area contributed by atoms with Crippen molar-refractivity contribution in [1.82, 2.24) is 25.2 Å². The largest absolute Gasteiger partial charge is 0.493 e. The van der Waals surface area contributed by atoms with Gasteiger partial charge in [0, 0.05) is 28.1 Å². The maximum atomic E-state index is 12.6. The van der Waals surface area contributed by atoms with Crippen LogP contribution in [0.2, 0.25) is 0 Å². The van der Waals surface area contributed by atoms with E-state index in [0.29, 0.717) is 29.1 Å². The van der Waals surface area contributed by atoms with E-state index in [1.165, 1.54) is 11.8 Å². The highest BCUT2D eigenvalue weighted by Crippen LogP contribution is 2.29. The van der Waals surface area contributed by atoms with E-state index in [2.05, 4.69) is 41.6 Å². The first kappa shape index (κ1) is 28.1. The van der Waals surface area contributed by atoms with Crippen molar-refractivity contribution in [3.63, 3.8) is 0 Å². The first-order chi connectivity index (χ1) is 20.1. The molecule has 0 radical (unpaired) electrons. The Bertz CT molecular complexity index is 1630. The lowest BCUT2D eigenvalue weighted by Gasteiger charge is -2.11. The first-order valence-corrected chi connectivity index (χ1v) is 14.3. The van der Waals surface area contributed by atoms with Gasteiger partial charge in [0.1, 0.15) is 6.61 Å². The summed E-state index contributed by atoms with van der Waals surface area (Å²) in [5.41, 5.74) is 6.05. The lowest BCUT2D eigenvalue weighted by molar-refractivity contribution is -0.118. The van der Waals surface area contributed by atoms with Crippen LogP contribution >= 0.6 is 27.7 Å². The predicted octanol–water partition coefficient (Wildman–Crippen LogP) is 5.92. The van der Waals surface area contributed by atoms with E-state index < -0.39 is 0 Å². The molecule has 0 fully saturated rings. The van der Waals surface area contributed by atoms with Crippen molar-refractivity contribution in [3.05, 3.63) is 113 Å². The van der Waals surface area contributed by atoms with Crippen LogP contribution in [0.4, 0.5) is 0 Å². The van der Waals surface area contributed by atoms with Crippen LogP contribution in [-0.2, 0) is 11.4 Å². The van der Waals surface area contributed by atoms with E-state index in [1.807, 2.05) is 83.4 Å². The van der Waals surface area contributed by atoms with Crippen LogP contribution in [0.15, 0.2) is 112 Å². The zero-order valence-corrected chi connectivity index (χ0v) is 24.4. The summed E-state index contributed by atoms with van der Waals surface area (Å²) in [5.74, 6) is 1.63. The summed E-state index contributed by atoms with van der Waals surface area (Å²) in [7, 11) is 1.59. The van der Waals surface area contributed by atoms with Gasteiger partial charge in [-0.1, -0.05) is 58.0 Å². The highest BCUT2D eigenvalue weighted by Gasteiger charge is 2.17. The highest BCUT2D eigenvalue weighted by atomic mass is 79.9. The van der Waals surface area contributed by atoms with Gasteiger partial charge in [0.2, 0.25) is 0 Å². The molecule has 41 heavy (non-hydrogen) atoms. The van der Waals surface area contributed by atoms with E-state index in [4.69, 9.17) is 9.47 Å². The molecule has 0 bridgehead atoms. The molecule has 1 amide bonds. The van der Waals surface area contributed by atoms with Gasteiger partial charge in [-0.3, -0.25) is 14.3 Å². The number of benzene rings is 3. The van der Waals surface area contributed by atoms with Gasteiger partial charge in [-0.05, 0) is 65.7 Å². The Kier molecular flexibility index (Phi) is 9.40. The standard InChI is InChI=1S/C30H25BrN6O3S/c1-39-26-14-9-22(16-27(26)40-19-21-6-3-2-4-7-21)17-33-34-28(38)20-41-30-36-35-29(23-8-5-15-32-18-23)37(30)25-12-10-24(31)11-13-25/h2-18H,19-20H2,1H3,(H,34,38). The second-order valence-corrected chi connectivity index (χ2v) is 10.5. The molecule has 0 aliphatic rings. The zero-order valence-electron chi connectivity index (χ0n) is 22.0. The number of thioether (sulfide) groups is 1. The summed E-state index contributed by atoms with van der Waals surface area (Å²) in [6.07, 6.45) is 4.99. The third-order valence-corrected chi connectivity index (χ3v) is 7.26. The summed E-state index contributed by atoms with van der Waals surface area (Å²) in [5, 5.41) is 13.4. The van der Waals surface area contributed by atoms with E-state index >= 15 is 0 Å². The third-order valence-electron chi connectivity index (χ3n) is 5.80. The molecule has 1 N–H and O–H groups in total. The van der Waals surface area contributed by atoms with Crippen molar-refractivity contribution >= 4 is 39.8 Å². The molecule has 5 aromatic rings. The number of carbonyl (C=O) groups is 1. The fourth-order valence-electron chi connectivity index (χ4n) is 3.83. The van der Waals surface area contributed by atoms with Crippen molar-refractivity contribution in [2.24, 2.45) is 5.10 Å². The number of ether oxygens (including phenoxy) is 2. The monoisotopic (exact) mass is 628 g/mol. The fraction of sp³-hybridized carbons (Fsp3) is 0.100. The minimum atomic E-state index is -0.284. The summed E-state index contributed by atoms with van der Waals surface area (Å²) in [4.78, 5) is 16.8. The Morgan fingerprint density at radius 1 is 1.02 bits per heavy atom. The molecule has 5 rings (SSSR count). The Morgan fingerprint density at radius 3 is 2.61 bits per heavy atom. The quantitative estimate of drug-likeness (QED) is 0.110. The fourth-order valence-corrected chi connectivity index (χ4v) is 4.84. The maximum Gasteiger partial charge on any atom is 0.250 e. The molecular weight excluding hydrogens is 604 g/mol. The van der Waals surface area contributed by atoms with Crippen molar-refractivity contribution in [2.75, 3.05) is 12.9 Å². The van der Waals surface area contributed by atoms with Gasteiger partial charge in [0.05, 0.1) is 19.1 Å². The molecule has 9 nitrogen and oxygen atoms in total. The molecule has 0 saturated carbocycles. The number of hydrogen-bond acceptors (Lipinski definition) is 8. The molecule has 0 atom stereocenters. The van der Waals surface area contributed by atoms with Crippen LogP contribution in [-0.4, -0.2) is 44.7 Å². The summed E-state index contributed by atoms with van der Waals surface area (Å²) < 4.78 is 14.2. The number of pyridine rings is 1. The van der Waals surface area contributed by atoms with E-state index in [9.17, 15) is 4.79 Å². The number of rotatable bonds is 11. The molecule has 0 spiro atoms. The number of amides is 1. The molecule has 2 aromatic heterocycles. The molecular formula is C30H25BrN6O3S. The molecule has 3 aromatic carbocycles. The van der Waals surface area contributed by atoms with Crippen molar-refractivity contribution in [3.8, 4) is 28.6 Å². The number of carbonyl (C=O) groups excluding carboxylic acids is 1. The average Bonchev–Trinajstić information content (AvgIpc) is 3.44. The molecule has 0 aliphatic carbocycles. The van der Waals surface area contributed by atoms with Crippen LogP contribution in [0, 0.1) is 0 Å². The number of aromatic nitrogens is 4. The van der Waals surface area contributed by atoms with E-state index in [-0.39, 0.29) is 11.7 Å². The van der Waals surface area contributed by atoms with Crippen molar-refractivity contribution in [1.29, 1.82) is 0 Å². The molecule has 0 aliphatic heterocycles. The zero-order chi connectivity index (χ0) is 28.4. The van der Waals surface area contributed by atoms with Gasteiger partial charge in [-0.25, -0.2) is 5.43 Å². The van der Waals surface area contributed by atoms with Gasteiger partial charge in [-0.2, -0.15) is 5.10 Å². The van der Waals surface area contributed by atoms with Gasteiger partial charge >= 0.3 is 0 Å². The van der Waals surface area contributed by atoms with Crippen LogP contribution in [0.25, 0.3) is 17.1 Å². The Labute approximate surface area is 249 Å². The summed E-state index contributed by atoms with van der Waals surface area (Å²) in [6, 6.07) is 26.9. The van der Waals surface area contributed by atoms with Gasteiger partial charge in [0.25, 0.3) is 5.91 Å². The molecule has 11 heteroatoms. The van der Waals surface area contributed by atoms with Gasteiger partial charge in [-0.15, -0.1) is 10.2 Å². The minimum absolute atomic E-state index is 0.0904. The van der Waals surface area contributed by atoms with Crippen molar-refractivity contribution < 1.29 is 14.3 Å². The van der Waals surface area contributed by atoms with Gasteiger partial charge < -0.3 is 9.47 Å². The highest BCUT2D eigenvalue weighted by molar-refractivity contribution is 9.10. The molecule has 206 valence electrons. The third kappa shape index (κ3) is 7.38. The van der Waals surface area contributed by atoms with Crippen LogP contribution < -0.4 is 14.9 Å². The molecule has 2 heterocycles. The number of hydrogen-bond donors (Lipinski definition) is 1. The summed E-state index contributed by atoms with van der Waals surface area (Å²) in [6.45, 7) is 0.402. The number of nitrogens with zero attached hydrogens (tertiary/aromatic N) is 5. The predicted molar refractivity (Wildman–Crippen MR) is 163 cm³/mol. The number of nitrogens with one attached hydrogen (secondary N) is 1. The van der Waals surface area contributed by atoms with Crippen molar-refractivity contribution in [2.45, 2.75) is 11.8 Å². The smallest absolute Gasteiger partial charge is 0.250 e. The normalized spacial score (nSPS) is 11.0. The first-order valence-electron chi connectivity index (χ1n) is 12.5. The SMILES string of the molecule is COc1ccc(C=NNC(=O)CSc2nnc(-c3cccnc3)n2-c2ccc(Br)cc2)cc1OCc1ccccc1. The minimum Gasteiger partial charge on any atom is -0.493 e. The Balaban J connectivity index is 1.24. The van der Waals surface area contributed by atoms with E-state index in [1.54, 1.807) is 31.8 Å². The lowest BCUT2D eigenvalue weighted by atomic mass is 10.2. The molecule has 0 saturated heterocycles. The molecule has 0 unspecified atom stereocenters. The lowest BCUT2D eigenvalue weighted by Crippen LogP contribution is -2.20. The summed E-state index contributed by atoms with van der Waals surface area (Å²) >= 11 is 4.74. The Morgan fingerprint density at radius 2 is 1.85 bits per heavy atom. The Hall–Kier alpha value is -4.48. The second kappa shape index (κ2) is 13.7.